The molecule has 0 aliphatic carbocycles. The quantitative estimate of drug-likeness (QED) is 0.864. The minimum atomic E-state index is -0.371. The monoisotopic (exact) mass is 300 g/mol. The van der Waals surface area contributed by atoms with Gasteiger partial charge in [-0.05, 0) is 18.6 Å². The summed E-state index contributed by atoms with van der Waals surface area (Å²) in [6, 6.07) is 4.25. The Hall–Kier alpha value is -0.940. The molecular weight excluding hydrogens is 287 g/mol. The summed E-state index contributed by atoms with van der Waals surface area (Å²) in [7, 11) is 1.67. The fourth-order valence-electron chi connectivity index (χ4n) is 2.25. The SMILES string of the molecule is CN1C(=O)CCC(N)C1c1ccc(Br)cc1F. The first kappa shape index (κ1) is 12.5. The minimum Gasteiger partial charge on any atom is -0.337 e. The van der Waals surface area contributed by atoms with Crippen molar-refractivity contribution in [2.24, 2.45) is 5.73 Å². The number of benzene rings is 1. The number of nitrogens with zero attached hydrogens (tertiary/aromatic N) is 1. The number of likely N-dealkylation sites (tertiary alicyclic amines) is 1. The number of rotatable bonds is 1. The topological polar surface area (TPSA) is 46.3 Å². The fraction of sp³-hybridized carbons (Fsp3) is 0.417. The molecule has 1 fully saturated rings. The number of amides is 1. The van der Waals surface area contributed by atoms with E-state index in [0.29, 0.717) is 22.9 Å². The van der Waals surface area contributed by atoms with Gasteiger partial charge in [-0.25, -0.2) is 4.39 Å². The van der Waals surface area contributed by atoms with Gasteiger partial charge in [-0.15, -0.1) is 0 Å². The molecule has 2 unspecified atom stereocenters. The molecule has 17 heavy (non-hydrogen) atoms. The highest BCUT2D eigenvalue weighted by atomic mass is 79.9. The molecule has 1 aliphatic rings. The van der Waals surface area contributed by atoms with Crippen molar-refractivity contribution in [3.8, 4) is 0 Å². The molecule has 1 aromatic rings. The zero-order valence-corrected chi connectivity index (χ0v) is 11.1. The zero-order valence-electron chi connectivity index (χ0n) is 9.49. The number of carbonyl (C=O) groups excluding carboxylic acids is 1. The average molecular weight is 301 g/mol. The molecule has 1 aliphatic heterocycles. The number of nitrogens with two attached hydrogens (primary N) is 1. The lowest BCUT2D eigenvalue weighted by Crippen LogP contribution is -2.47. The molecule has 1 heterocycles. The predicted octanol–water partition coefficient (Wildman–Crippen LogP) is 2.21. The van der Waals surface area contributed by atoms with Crippen molar-refractivity contribution < 1.29 is 9.18 Å². The van der Waals surface area contributed by atoms with Gasteiger partial charge in [0.05, 0.1) is 6.04 Å². The van der Waals surface area contributed by atoms with E-state index in [-0.39, 0.29) is 23.8 Å². The van der Waals surface area contributed by atoms with E-state index in [1.165, 1.54) is 6.07 Å². The number of carbonyl (C=O) groups is 1. The van der Waals surface area contributed by atoms with Crippen LogP contribution in [0, 0.1) is 5.82 Å². The molecule has 1 saturated heterocycles. The number of piperidine rings is 1. The highest BCUT2D eigenvalue weighted by Gasteiger charge is 2.33. The van der Waals surface area contributed by atoms with Crippen molar-refractivity contribution in [2.45, 2.75) is 24.9 Å². The van der Waals surface area contributed by atoms with Gasteiger partial charge in [0.25, 0.3) is 0 Å². The lowest BCUT2D eigenvalue weighted by atomic mass is 9.91. The first-order chi connectivity index (χ1) is 8.00. The van der Waals surface area contributed by atoms with Crippen molar-refractivity contribution >= 4 is 21.8 Å². The van der Waals surface area contributed by atoms with Crippen molar-refractivity contribution in [1.29, 1.82) is 0 Å². The van der Waals surface area contributed by atoms with Crippen LogP contribution in [0.5, 0.6) is 0 Å². The van der Waals surface area contributed by atoms with Gasteiger partial charge in [0, 0.05) is 29.5 Å². The second kappa shape index (κ2) is 4.74. The van der Waals surface area contributed by atoms with E-state index in [4.69, 9.17) is 5.73 Å². The van der Waals surface area contributed by atoms with Crippen LogP contribution in [0.15, 0.2) is 22.7 Å². The number of halogens is 2. The zero-order chi connectivity index (χ0) is 12.6. The summed E-state index contributed by atoms with van der Waals surface area (Å²) in [5.41, 5.74) is 6.48. The Morgan fingerprint density at radius 2 is 2.24 bits per heavy atom. The standard InChI is InChI=1S/C12H14BrFN2O/c1-16-11(17)5-4-10(15)12(16)8-3-2-7(13)6-9(8)14/h2-3,6,10,12H,4-5,15H2,1H3. The van der Waals surface area contributed by atoms with Crippen LogP contribution in [-0.2, 0) is 4.79 Å². The summed E-state index contributed by atoms with van der Waals surface area (Å²) >= 11 is 3.21. The second-order valence-electron chi connectivity index (χ2n) is 4.32. The van der Waals surface area contributed by atoms with Crippen LogP contribution in [-0.4, -0.2) is 23.9 Å². The molecule has 1 amide bonds. The van der Waals surface area contributed by atoms with Crippen LogP contribution >= 0.6 is 15.9 Å². The number of hydrogen-bond donors (Lipinski definition) is 1. The summed E-state index contributed by atoms with van der Waals surface area (Å²) in [4.78, 5) is 13.2. The largest absolute Gasteiger partial charge is 0.337 e. The molecular formula is C12H14BrFN2O. The van der Waals surface area contributed by atoms with Crippen LogP contribution in [0.1, 0.15) is 24.4 Å². The molecule has 0 saturated carbocycles. The highest BCUT2D eigenvalue weighted by molar-refractivity contribution is 9.10. The van der Waals surface area contributed by atoms with Crippen molar-refractivity contribution in [3.05, 3.63) is 34.1 Å². The molecule has 2 atom stereocenters. The summed E-state index contributed by atoms with van der Waals surface area (Å²) in [6.07, 6.45) is 1.04. The highest BCUT2D eigenvalue weighted by Crippen LogP contribution is 2.32. The van der Waals surface area contributed by atoms with Crippen LogP contribution in [0.25, 0.3) is 0 Å². The summed E-state index contributed by atoms with van der Waals surface area (Å²) in [5.74, 6) is -0.319. The molecule has 2 rings (SSSR count). The Bertz CT molecular complexity index is 452. The van der Waals surface area contributed by atoms with E-state index in [2.05, 4.69) is 15.9 Å². The fourth-order valence-corrected chi connectivity index (χ4v) is 2.58. The molecule has 0 radical (unpaired) electrons. The molecule has 0 spiro atoms. The first-order valence-corrected chi connectivity index (χ1v) is 6.26. The maximum Gasteiger partial charge on any atom is 0.222 e. The van der Waals surface area contributed by atoms with Crippen LogP contribution in [0.2, 0.25) is 0 Å². The Kier molecular flexibility index (Phi) is 3.49. The lowest BCUT2D eigenvalue weighted by molar-refractivity contribution is -0.135. The van der Waals surface area contributed by atoms with Crippen molar-refractivity contribution in [2.75, 3.05) is 7.05 Å². The minimum absolute atomic E-state index is 0.0130. The first-order valence-electron chi connectivity index (χ1n) is 5.47. The lowest BCUT2D eigenvalue weighted by Gasteiger charge is -2.37. The van der Waals surface area contributed by atoms with E-state index >= 15 is 0 Å². The van der Waals surface area contributed by atoms with Gasteiger partial charge in [-0.1, -0.05) is 22.0 Å². The Morgan fingerprint density at radius 1 is 1.53 bits per heavy atom. The average Bonchev–Trinajstić information content (AvgIpc) is 2.27. The second-order valence-corrected chi connectivity index (χ2v) is 5.23. The van der Waals surface area contributed by atoms with E-state index < -0.39 is 0 Å². The van der Waals surface area contributed by atoms with Crippen molar-refractivity contribution in [3.63, 3.8) is 0 Å². The van der Waals surface area contributed by atoms with E-state index in [1.54, 1.807) is 24.1 Å². The number of likely N-dealkylation sites (N-methyl/N-ethyl adjacent to an activating group) is 1. The molecule has 0 bridgehead atoms. The summed E-state index contributed by atoms with van der Waals surface area (Å²) < 4.78 is 14.6. The van der Waals surface area contributed by atoms with E-state index in [1.807, 2.05) is 0 Å². The van der Waals surface area contributed by atoms with E-state index in [0.717, 1.165) is 0 Å². The normalized spacial score (nSPS) is 25.2. The van der Waals surface area contributed by atoms with Gasteiger partial charge >= 0.3 is 0 Å². The van der Waals surface area contributed by atoms with E-state index in [9.17, 15) is 9.18 Å². The maximum absolute atomic E-state index is 13.9. The van der Waals surface area contributed by atoms with Crippen molar-refractivity contribution in [1.82, 2.24) is 4.90 Å². The van der Waals surface area contributed by atoms with Crippen LogP contribution in [0.3, 0.4) is 0 Å². The number of hydrogen-bond acceptors (Lipinski definition) is 2. The van der Waals surface area contributed by atoms with Crippen LogP contribution < -0.4 is 5.73 Å². The van der Waals surface area contributed by atoms with Gasteiger partial charge in [0.1, 0.15) is 5.82 Å². The van der Waals surface area contributed by atoms with Gasteiger partial charge in [0.2, 0.25) is 5.91 Å². The van der Waals surface area contributed by atoms with Gasteiger partial charge in [-0.2, -0.15) is 0 Å². The third kappa shape index (κ3) is 2.35. The molecule has 0 aromatic heterocycles. The predicted molar refractivity (Wildman–Crippen MR) is 66.8 cm³/mol. The molecule has 92 valence electrons. The van der Waals surface area contributed by atoms with Gasteiger partial charge in [0.15, 0.2) is 0 Å². The molecule has 5 heteroatoms. The third-order valence-electron chi connectivity index (χ3n) is 3.19. The Labute approximate surface area is 108 Å². The summed E-state index contributed by atoms with van der Waals surface area (Å²) in [5, 5.41) is 0. The third-order valence-corrected chi connectivity index (χ3v) is 3.68. The Balaban J connectivity index is 2.39. The summed E-state index contributed by atoms with van der Waals surface area (Å²) in [6.45, 7) is 0. The molecule has 2 N–H and O–H groups in total. The maximum atomic E-state index is 13.9. The van der Waals surface area contributed by atoms with Crippen LogP contribution in [0.4, 0.5) is 4.39 Å². The van der Waals surface area contributed by atoms with Gasteiger partial charge < -0.3 is 10.6 Å². The Morgan fingerprint density at radius 3 is 2.88 bits per heavy atom. The molecule has 3 nitrogen and oxygen atoms in total. The smallest absolute Gasteiger partial charge is 0.222 e. The molecule has 1 aromatic carbocycles. The van der Waals surface area contributed by atoms with Gasteiger partial charge in [-0.3, -0.25) is 4.79 Å².